The third-order valence-corrected chi connectivity index (χ3v) is 4.09. The van der Waals surface area contributed by atoms with Crippen LogP contribution in [0.2, 0.25) is 10.0 Å². The van der Waals surface area contributed by atoms with Crippen molar-refractivity contribution in [1.29, 1.82) is 0 Å². The Morgan fingerprint density at radius 1 is 1.19 bits per heavy atom. The van der Waals surface area contributed by atoms with Crippen LogP contribution in [0.25, 0.3) is 10.4 Å². The molecule has 0 spiro atoms. The molecule has 0 saturated carbocycles. The number of rotatable bonds is 2. The molecule has 1 unspecified atom stereocenters. The Balaban J connectivity index is 2.46. The van der Waals surface area contributed by atoms with Crippen molar-refractivity contribution in [3.8, 4) is 10.4 Å². The maximum Gasteiger partial charge on any atom is 0.0592 e. The summed E-state index contributed by atoms with van der Waals surface area (Å²) in [6, 6.07) is 7.70. The van der Waals surface area contributed by atoms with E-state index >= 15 is 0 Å². The molecule has 4 heteroatoms. The first-order valence-corrected chi connectivity index (χ1v) is 6.51. The summed E-state index contributed by atoms with van der Waals surface area (Å²) in [6.45, 7) is 1.92. The molecule has 0 saturated heterocycles. The fraction of sp³-hybridized carbons (Fsp3) is 0.167. The standard InChI is InChI=1S/C12H11Cl2NS/c1-7(15)9-3-2-8(6-11(9)14)12-10(13)4-5-16-12/h2-7H,15H2,1H3. The third-order valence-electron chi connectivity index (χ3n) is 2.37. The molecule has 1 nitrogen and oxygen atoms in total. The highest BCUT2D eigenvalue weighted by molar-refractivity contribution is 7.14. The van der Waals surface area contributed by atoms with E-state index in [-0.39, 0.29) is 6.04 Å². The number of hydrogen-bond acceptors (Lipinski definition) is 2. The molecule has 84 valence electrons. The lowest BCUT2D eigenvalue weighted by Crippen LogP contribution is -2.05. The maximum atomic E-state index is 6.18. The lowest BCUT2D eigenvalue weighted by atomic mass is 10.1. The first-order valence-electron chi connectivity index (χ1n) is 4.88. The summed E-state index contributed by atoms with van der Waals surface area (Å²) in [4.78, 5) is 1.04. The Kier molecular flexibility index (Phi) is 3.55. The predicted molar refractivity (Wildman–Crippen MR) is 72.4 cm³/mol. The molecule has 2 N–H and O–H groups in total. The number of nitrogens with two attached hydrogens (primary N) is 1. The minimum absolute atomic E-state index is 0.0552. The average Bonchev–Trinajstić information content (AvgIpc) is 2.63. The van der Waals surface area contributed by atoms with Crippen LogP contribution in [-0.2, 0) is 0 Å². The molecule has 0 radical (unpaired) electrons. The van der Waals surface area contributed by atoms with Crippen LogP contribution in [0.1, 0.15) is 18.5 Å². The van der Waals surface area contributed by atoms with Crippen molar-refractivity contribution >= 4 is 34.5 Å². The first-order chi connectivity index (χ1) is 7.59. The monoisotopic (exact) mass is 271 g/mol. The molecule has 1 aromatic heterocycles. The maximum absolute atomic E-state index is 6.18. The second-order valence-corrected chi connectivity index (χ2v) is 5.35. The fourth-order valence-electron chi connectivity index (χ4n) is 1.54. The van der Waals surface area contributed by atoms with Crippen LogP contribution in [0.3, 0.4) is 0 Å². The molecule has 0 bridgehead atoms. The van der Waals surface area contributed by atoms with Gasteiger partial charge >= 0.3 is 0 Å². The van der Waals surface area contributed by atoms with Crippen LogP contribution in [0.15, 0.2) is 29.6 Å². The molecular formula is C12H11Cl2NS. The van der Waals surface area contributed by atoms with Crippen LogP contribution in [0, 0.1) is 0 Å². The Labute approximate surface area is 109 Å². The zero-order valence-corrected chi connectivity index (χ0v) is 11.0. The number of halogens is 2. The highest BCUT2D eigenvalue weighted by atomic mass is 35.5. The minimum Gasteiger partial charge on any atom is -0.324 e. The van der Waals surface area contributed by atoms with Crippen LogP contribution in [0.5, 0.6) is 0 Å². The lowest BCUT2D eigenvalue weighted by Gasteiger charge is -2.09. The van der Waals surface area contributed by atoms with Crippen LogP contribution in [0.4, 0.5) is 0 Å². The fourth-order valence-corrected chi connectivity index (χ4v) is 3.05. The topological polar surface area (TPSA) is 26.0 Å². The van der Waals surface area contributed by atoms with Gasteiger partial charge in [0.25, 0.3) is 0 Å². The van der Waals surface area contributed by atoms with Gasteiger partial charge in [-0.3, -0.25) is 0 Å². The van der Waals surface area contributed by atoms with Crippen molar-refractivity contribution in [2.75, 3.05) is 0 Å². The SMILES string of the molecule is CC(N)c1ccc(-c2sccc2Cl)cc1Cl. The average molecular weight is 272 g/mol. The predicted octanol–water partition coefficient (Wildman–Crippen LogP) is 4.74. The van der Waals surface area contributed by atoms with Crippen molar-refractivity contribution in [3.63, 3.8) is 0 Å². The van der Waals surface area contributed by atoms with Crippen LogP contribution >= 0.6 is 34.5 Å². The van der Waals surface area contributed by atoms with E-state index in [2.05, 4.69) is 0 Å². The van der Waals surface area contributed by atoms with E-state index in [1.54, 1.807) is 11.3 Å². The zero-order chi connectivity index (χ0) is 11.7. The molecule has 0 amide bonds. The summed E-state index contributed by atoms with van der Waals surface area (Å²) in [5.41, 5.74) is 7.80. The summed E-state index contributed by atoms with van der Waals surface area (Å²) in [5.74, 6) is 0. The van der Waals surface area contributed by atoms with Gasteiger partial charge in [0.2, 0.25) is 0 Å². The Morgan fingerprint density at radius 2 is 1.94 bits per heavy atom. The smallest absolute Gasteiger partial charge is 0.0592 e. The number of hydrogen-bond donors (Lipinski definition) is 1. The van der Waals surface area contributed by atoms with Gasteiger partial charge in [0, 0.05) is 11.1 Å². The van der Waals surface area contributed by atoms with Gasteiger partial charge in [-0.1, -0.05) is 35.3 Å². The van der Waals surface area contributed by atoms with Crippen molar-refractivity contribution in [3.05, 3.63) is 45.3 Å². The van der Waals surface area contributed by atoms with Gasteiger partial charge in [-0.25, -0.2) is 0 Å². The van der Waals surface area contributed by atoms with Crippen molar-refractivity contribution in [1.82, 2.24) is 0 Å². The van der Waals surface area contributed by atoms with E-state index in [0.717, 1.165) is 21.0 Å². The summed E-state index contributed by atoms with van der Waals surface area (Å²) in [5, 5.41) is 3.41. The number of benzene rings is 1. The van der Waals surface area contributed by atoms with Crippen LogP contribution < -0.4 is 5.73 Å². The first kappa shape index (κ1) is 11.9. The van der Waals surface area contributed by atoms with E-state index in [1.807, 2.05) is 36.6 Å². The minimum atomic E-state index is -0.0552. The molecular weight excluding hydrogens is 261 g/mol. The van der Waals surface area contributed by atoms with Crippen molar-refractivity contribution < 1.29 is 0 Å². The van der Waals surface area contributed by atoms with Gasteiger partial charge in [-0.05, 0) is 35.6 Å². The van der Waals surface area contributed by atoms with Gasteiger partial charge < -0.3 is 5.73 Å². The van der Waals surface area contributed by atoms with Gasteiger partial charge in [0.05, 0.1) is 9.90 Å². The van der Waals surface area contributed by atoms with E-state index in [9.17, 15) is 0 Å². The zero-order valence-electron chi connectivity index (χ0n) is 8.71. The quantitative estimate of drug-likeness (QED) is 0.839. The molecule has 0 fully saturated rings. The van der Waals surface area contributed by atoms with E-state index in [0.29, 0.717) is 5.02 Å². The summed E-state index contributed by atoms with van der Waals surface area (Å²) >= 11 is 13.9. The van der Waals surface area contributed by atoms with Gasteiger partial charge in [-0.2, -0.15) is 0 Å². The second kappa shape index (κ2) is 4.76. The van der Waals surface area contributed by atoms with Gasteiger partial charge in [0.1, 0.15) is 0 Å². The molecule has 0 aliphatic heterocycles. The van der Waals surface area contributed by atoms with Gasteiger partial charge in [0.15, 0.2) is 0 Å². The summed E-state index contributed by atoms with van der Waals surface area (Å²) in [7, 11) is 0. The van der Waals surface area contributed by atoms with E-state index in [1.165, 1.54) is 0 Å². The molecule has 16 heavy (non-hydrogen) atoms. The van der Waals surface area contributed by atoms with Crippen molar-refractivity contribution in [2.45, 2.75) is 13.0 Å². The van der Waals surface area contributed by atoms with Crippen molar-refractivity contribution in [2.24, 2.45) is 5.73 Å². The normalized spacial score (nSPS) is 12.8. The molecule has 2 aromatic rings. The largest absolute Gasteiger partial charge is 0.324 e. The molecule has 1 aromatic carbocycles. The Bertz CT molecular complexity index is 505. The van der Waals surface area contributed by atoms with E-state index in [4.69, 9.17) is 28.9 Å². The highest BCUT2D eigenvalue weighted by Gasteiger charge is 2.09. The second-order valence-electron chi connectivity index (χ2n) is 3.62. The third kappa shape index (κ3) is 2.25. The molecule has 2 rings (SSSR count). The summed E-state index contributed by atoms with van der Waals surface area (Å²) in [6.07, 6.45) is 0. The Morgan fingerprint density at radius 3 is 2.44 bits per heavy atom. The Hall–Kier alpha value is -0.540. The molecule has 1 atom stereocenters. The number of thiophene rings is 1. The molecule has 1 heterocycles. The van der Waals surface area contributed by atoms with Gasteiger partial charge in [-0.15, -0.1) is 11.3 Å². The van der Waals surface area contributed by atoms with Crippen LogP contribution in [-0.4, -0.2) is 0 Å². The van der Waals surface area contributed by atoms with E-state index < -0.39 is 0 Å². The molecule has 0 aliphatic rings. The highest BCUT2D eigenvalue weighted by Crippen LogP contribution is 2.35. The molecule has 0 aliphatic carbocycles. The summed E-state index contributed by atoms with van der Waals surface area (Å²) < 4.78 is 0. The lowest BCUT2D eigenvalue weighted by molar-refractivity contribution is 0.819.